The normalized spacial score (nSPS) is 22.9. The van der Waals surface area contributed by atoms with Gasteiger partial charge in [-0.25, -0.2) is 0 Å². The Hall–Kier alpha value is -3.42. The molecule has 2 amide bonds. The molecular weight excluding hydrogens is 456 g/mol. The van der Waals surface area contributed by atoms with Crippen molar-refractivity contribution in [3.8, 4) is 0 Å². The van der Waals surface area contributed by atoms with Crippen LogP contribution in [0.15, 0.2) is 30.5 Å². The highest BCUT2D eigenvalue weighted by atomic mass is 16.4. The molecule has 0 spiro atoms. The summed E-state index contributed by atoms with van der Waals surface area (Å²) in [7, 11) is 0. The fourth-order valence-corrected chi connectivity index (χ4v) is 6.54. The van der Waals surface area contributed by atoms with Crippen molar-refractivity contribution in [3.63, 3.8) is 0 Å². The average Bonchev–Trinajstić information content (AvgIpc) is 3.39. The Kier molecular flexibility index (Phi) is 6.01. The number of nitrogens with zero attached hydrogens (tertiary/aromatic N) is 3. The third kappa shape index (κ3) is 4.02. The first-order valence-electron chi connectivity index (χ1n) is 12.7. The summed E-state index contributed by atoms with van der Waals surface area (Å²) < 4.78 is 0. The van der Waals surface area contributed by atoms with Crippen LogP contribution in [-0.4, -0.2) is 59.0 Å². The summed E-state index contributed by atoms with van der Waals surface area (Å²) in [5, 5.41) is 9.92. The first-order chi connectivity index (χ1) is 17.1. The number of nitrogens with two attached hydrogens (primary N) is 1. The molecule has 8 heteroatoms. The third-order valence-electron chi connectivity index (χ3n) is 8.69. The zero-order valence-electron chi connectivity index (χ0n) is 21.2. The minimum atomic E-state index is -0.899. The lowest BCUT2D eigenvalue weighted by atomic mass is 9.78. The number of aromatic nitrogens is 1. The van der Waals surface area contributed by atoms with E-state index in [1.807, 2.05) is 43.9 Å². The number of amides is 2. The molecule has 1 aromatic heterocycles. The number of pyridine rings is 1. The molecule has 3 fully saturated rings. The van der Waals surface area contributed by atoms with Crippen molar-refractivity contribution < 1.29 is 19.5 Å². The van der Waals surface area contributed by atoms with E-state index in [0.29, 0.717) is 30.2 Å². The molecule has 1 aromatic carbocycles. The van der Waals surface area contributed by atoms with Crippen LogP contribution in [0, 0.1) is 38.0 Å². The number of fused-ring (bicyclic) bond motifs is 1. The maximum absolute atomic E-state index is 13.3. The van der Waals surface area contributed by atoms with Gasteiger partial charge in [-0.05, 0) is 62.4 Å². The second-order valence-corrected chi connectivity index (χ2v) is 10.9. The zero-order valence-corrected chi connectivity index (χ0v) is 21.2. The van der Waals surface area contributed by atoms with Crippen molar-refractivity contribution >= 4 is 23.5 Å². The number of carbonyl (C=O) groups excluding carboxylic acids is 2. The number of aryl methyl sites for hydroxylation is 2. The van der Waals surface area contributed by atoms with Gasteiger partial charge >= 0.3 is 5.97 Å². The topological polar surface area (TPSA) is 117 Å². The Labute approximate surface area is 211 Å². The molecule has 3 heterocycles. The number of benzene rings is 1. The van der Waals surface area contributed by atoms with Gasteiger partial charge in [0.1, 0.15) is 0 Å². The van der Waals surface area contributed by atoms with Gasteiger partial charge in [0.2, 0.25) is 5.91 Å². The minimum absolute atomic E-state index is 0.0338. The number of aliphatic carboxylic acids is 1. The lowest BCUT2D eigenvalue weighted by Crippen LogP contribution is -2.34. The van der Waals surface area contributed by atoms with Crippen LogP contribution in [0.25, 0.3) is 0 Å². The molecule has 3 unspecified atom stereocenters. The van der Waals surface area contributed by atoms with Crippen LogP contribution in [-0.2, 0) is 9.59 Å². The molecule has 8 nitrogen and oxygen atoms in total. The van der Waals surface area contributed by atoms with E-state index in [2.05, 4.69) is 16.0 Å². The van der Waals surface area contributed by atoms with Crippen LogP contribution in [0.3, 0.4) is 0 Å². The molecule has 3 aliphatic rings. The molecule has 190 valence electrons. The van der Waals surface area contributed by atoms with E-state index in [4.69, 9.17) is 5.73 Å². The van der Waals surface area contributed by atoms with Gasteiger partial charge in [0.15, 0.2) is 0 Å². The van der Waals surface area contributed by atoms with Crippen molar-refractivity contribution in [3.05, 3.63) is 58.4 Å². The Morgan fingerprint density at radius 1 is 1.08 bits per heavy atom. The van der Waals surface area contributed by atoms with E-state index in [1.54, 1.807) is 6.20 Å². The molecule has 36 heavy (non-hydrogen) atoms. The van der Waals surface area contributed by atoms with Gasteiger partial charge in [-0.1, -0.05) is 12.1 Å². The van der Waals surface area contributed by atoms with E-state index in [9.17, 15) is 19.5 Å². The molecule has 2 saturated heterocycles. The summed E-state index contributed by atoms with van der Waals surface area (Å²) >= 11 is 0. The fourth-order valence-electron chi connectivity index (χ4n) is 6.54. The average molecular weight is 491 g/mol. The monoisotopic (exact) mass is 490 g/mol. The van der Waals surface area contributed by atoms with Gasteiger partial charge in [-0.3, -0.25) is 19.4 Å². The van der Waals surface area contributed by atoms with Gasteiger partial charge in [0.05, 0.1) is 16.7 Å². The summed E-state index contributed by atoms with van der Waals surface area (Å²) in [5.41, 5.74) is 10.1. The molecule has 0 radical (unpaired) electrons. The number of carbonyl (C=O) groups is 3. The Morgan fingerprint density at radius 3 is 2.31 bits per heavy atom. The van der Waals surface area contributed by atoms with Crippen LogP contribution >= 0.6 is 0 Å². The van der Waals surface area contributed by atoms with Crippen molar-refractivity contribution in [2.75, 3.05) is 31.1 Å². The number of hydrogen-bond donors (Lipinski definition) is 2. The highest BCUT2D eigenvalue weighted by molar-refractivity contribution is 5.96. The fraction of sp³-hybridized carbons (Fsp3) is 0.500. The van der Waals surface area contributed by atoms with Crippen LogP contribution in [0.2, 0.25) is 0 Å². The number of rotatable bonds is 7. The summed E-state index contributed by atoms with van der Waals surface area (Å²) in [6, 6.07) is 7.87. The van der Waals surface area contributed by atoms with E-state index in [1.165, 1.54) is 0 Å². The molecule has 0 bridgehead atoms. The van der Waals surface area contributed by atoms with E-state index < -0.39 is 23.2 Å². The lowest BCUT2D eigenvalue weighted by molar-refractivity contribution is -0.144. The quantitative estimate of drug-likeness (QED) is 0.616. The zero-order chi connectivity index (χ0) is 25.8. The summed E-state index contributed by atoms with van der Waals surface area (Å²) in [6.07, 6.45) is 2.91. The maximum atomic E-state index is 13.3. The van der Waals surface area contributed by atoms with Crippen molar-refractivity contribution in [1.29, 1.82) is 0 Å². The van der Waals surface area contributed by atoms with Crippen molar-refractivity contribution in [2.24, 2.45) is 23.0 Å². The highest BCUT2D eigenvalue weighted by Gasteiger charge is 2.57. The predicted octanol–water partition coefficient (Wildman–Crippen LogP) is 3.04. The number of primary amides is 1. The largest absolute Gasteiger partial charge is 0.481 e. The number of hydrogen-bond acceptors (Lipinski definition) is 5. The molecule has 5 rings (SSSR count). The number of carboxylic acids is 1. The second kappa shape index (κ2) is 8.91. The van der Waals surface area contributed by atoms with Gasteiger partial charge in [0, 0.05) is 62.2 Å². The first-order valence-corrected chi connectivity index (χ1v) is 12.7. The van der Waals surface area contributed by atoms with E-state index >= 15 is 0 Å². The molecule has 1 saturated carbocycles. The molecule has 3 N–H and O–H groups in total. The Morgan fingerprint density at radius 2 is 1.75 bits per heavy atom. The van der Waals surface area contributed by atoms with Crippen LogP contribution in [0.1, 0.15) is 57.9 Å². The van der Waals surface area contributed by atoms with Crippen LogP contribution in [0.4, 0.5) is 5.69 Å². The number of anilines is 1. The highest BCUT2D eigenvalue weighted by Crippen LogP contribution is 2.58. The number of likely N-dealkylation sites (tertiary alicyclic amines) is 1. The Bertz CT molecular complexity index is 1200. The van der Waals surface area contributed by atoms with Gasteiger partial charge < -0.3 is 20.6 Å². The standard InChI is InChI=1S/C28H34N4O4/c1-16-7-10-30-18(3)25(16)26(34)32-14-19-12-31(13-20(19)15-32)23-6-4-5-21(17(23)2)22(11-24(29)33)28(8-9-28)27(35)36/h4-7,10,19-20,22H,8-9,11-15H2,1-3H3,(H2,29,33)(H,35,36). The lowest BCUT2D eigenvalue weighted by Gasteiger charge is -2.29. The summed E-state index contributed by atoms with van der Waals surface area (Å²) in [5.74, 6) is -0.924. The smallest absolute Gasteiger partial charge is 0.310 e. The Balaban J connectivity index is 1.34. The van der Waals surface area contributed by atoms with E-state index in [-0.39, 0.29) is 12.3 Å². The van der Waals surface area contributed by atoms with Gasteiger partial charge in [-0.2, -0.15) is 0 Å². The SMILES string of the molecule is Cc1ccnc(C)c1C(=O)N1CC2CN(c3cccc(C(CC(N)=O)C4(C(=O)O)CC4)c3C)CC2C1. The van der Waals surface area contributed by atoms with Gasteiger partial charge in [-0.15, -0.1) is 0 Å². The summed E-state index contributed by atoms with van der Waals surface area (Å²) in [4.78, 5) is 45.9. The third-order valence-corrected chi connectivity index (χ3v) is 8.69. The summed E-state index contributed by atoms with van der Waals surface area (Å²) in [6.45, 7) is 8.99. The van der Waals surface area contributed by atoms with Gasteiger partial charge in [0.25, 0.3) is 5.91 Å². The van der Waals surface area contributed by atoms with E-state index in [0.717, 1.165) is 54.3 Å². The number of carboxylic acid groups (broad SMARTS) is 1. The van der Waals surface area contributed by atoms with Crippen molar-refractivity contribution in [1.82, 2.24) is 9.88 Å². The molecule has 2 aliphatic heterocycles. The predicted molar refractivity (Wildman–Crippen MR) is 136 cm³/mol. The second-order valence-electron chi connectivity index (χ2n) is 10.9. The van der Waals surface area contributed by atoms with Crippen molar-refractivity contribution in [2.45, 2.75) is 46.0 Å². The molecular formula is C28H34N4O4. The first kappa shape index (κ1) is 24.3. The maximum Gasteiger partial charge on any atom is 0.310 e. The van der Waals surface area contributed by atoms with Crippen LogP contribution < -0.4 is 10.6 Å². The molecule has 3 atom stereocenters. The molecule has 2 aromatic rings. The van der Waals surface area contributed by atoms with Crippen LogP contribution in [0.5, 0.6) is 0 Å². The molecule has 1 aliphatic carbocycles. The minimum Gasteiger partial charge on any atom is -0.481 e.